The number of benzene rings is 1. The average molecular weight is 307 g/mol. The van der Waals surface area contributed by atoms with Crippen molar-refractivity contribution >= 4 is 11.6 Å². The first kappa shape index (κ1) is 16.1. The van der Waals surface area contributed by atoms with Crippen molar-refractivity contribution in [2.45, 2.75) is 26.5 Å². The lowest BCUT2D eigenvalue weighted by Gasteiger charge is -2.21. The number of hydrogen-bond donors (Lipinski definition) is 1. The van der Waals surface area contributed by atoms with Crippen molar-refractivity contribution in [2.24, 2.45) is 7.05 Å². The molecule has 0 aliphatic carbocycles. The smallest absolute Gasteiger partial charge is 0.0917 e. The highest BCUT2D eigenvalue weighted by atomic mass is 35.5. The molecule has 1 atom stereocenters. The highest BCUT2D eigenvalue weighted by Gasteiger charge is 2.13. The minimum atomic E-state index is -0.482. The van der Waals surface area contributed by atoms with Crippen LogP contribution in [-0.2, 0) is 13.6 Å². The summed E-state index contributed by atoms with van der Waals surface area (Å²) in [5, 5.41) is 11.2. The van der Waals surface area contributed by atoms with E-state index in [-0.39, 0.29) is 0 Å². The van der Waals surface area contributed by atoms with Gasteiger partial charge in [0.2, 0.25) is 0 Å². The molecule has 114 valence electrons. The molecule has 0 aliphatic heterocycles. The van der Waals surface area contributed by atoms with Crippen LogP contribution in [0.3, 0.4) is 0 Å². The predicted octanol–water partition coefficient (Wildman–Crippen LogP) is 3.46. The van der Waals surface area contributed by atoms with E-state index < -0.39 is 6.10 Å². The minimum absolute atomic E-state index is 0.482. The number of aryl methyl sites for hydroxylation is 3. The zero-order valence-electron chi connectivity index (χ0n) is 13.1. The molecule has 0 bridgehead atoms. The zero-order valence-corrected chi connectivity index (χ0v) is 13.9. The summed E-state index contributed by atoms with van der Waals surface area (Å²) >= 11 is 6.00. The first-order valence-corrected chi connectivity index (χ1v) is 7.48. The largest absolute Gasteiger partial charge is 0.387 e. The number of aromatic nitrogens is 1. The van der Waals surface area contributed by atoms with Crippen LogP contribution < -0.4 is 0 Å². The highest BCUT2D eigenvalue weighted by molar-refractivity contribution is 6.30. The van der Waals surface area contributed by atoms with Crippen molar-refractivity contribution < 1.29 is 5.11 Å². The van der Waals surface area contributed by atoms with Gasteiger partial charge in [-0.15, -0.1) is 0 Å². The van der Waals surface area contributed by atoms with Gasteiger partial charge in [0, 0.05) is 32.0 Å². The summed E-state index contributed by atoms with van der Waals surface area (Å²) in [4.78, 5) is 2.11. The van der Waals surface area contributed by atoms with Crippen molar-refractivity contribution in [1.82, 2.24) is 9.47 Å². The Hall–Kier alpha value is -1.29. The van der Waals surface area contributed by atoms with Gasteiger partial charge >= 0.3 is 0 Å². The molecule has 4 heteroatoms. The summed E-state index contributed by atoms with van der Waals surface area (Å²) in [5.74, 6) is 0. The number of nitrogens with zero attached hydrogens (tertiary/aromatic N) is 2. The van der Waals surface area contributed by atoms with Crippen molar-refractivity contribution in [3.63, 3.8) is 0 Å². The van der Waals surface area contributed by atoms with Gasteiger partial charge < -0.3 is 9.67 Å². The molecule has 0 aliphatic rings. The molecular formula is C17H23ClN2O. The number of rotatable bonds is 5. The van der Waals surface area contributed by atoms with Crippen LogP contribution in [-0.4, -0.2) is 28.2 Å². The maximum Gasteiger partial charge on any atom is 0.0917 e. The third kappa shape index (κ3) is 4.34. The van der Waals surface area contributed by atoms with Crippen LogP contribution in [0.15, 0.2) is 30.5 Å². The molecule has 0 fully saturated rings. The molecule has 0 radical (unpaired) electrons. The fourth-order valence-corrected chi connectivity index (χ4v) is 2.94. The Morgan fingerprint density at radius 3 is 2.33 bits per heavy atom. The Kier molecular flexibility index (Phi) is 5.09. The van der Waals surface area contributed by atoms with E-state index >= 15 is 0 Å². The molecule has 1 N–H and O–H groups in total. The summed E-state index contributed by atoms with van der Waals surface area (Å²) in [6.45, 7) is 5.45. The monoisotopic (exact) mass is 306 g/mol. The molecular weight excluding hydrogens is 284 g/mol. The van der Waals surface area contributed by atoms with Crippen LogP contribution in [0.2, 0.25) is 5.02 Å². The summed E-state index contributed by atoms with van der Waals surface area (Å²) in [6, 6.07) is 8.17. The van der Waals surface area contributed by atoms with E-state index in [2.05, 4.69) is 24.8 Å². The van der Waals surface area contributed by atoms with Crippen LogP contribution in [0, 0.1) is 13.8 Å². The van der Waals surface area contributed by atoms with Crippen LogP contribution in [0.4, 0.5) is 0 Å². The van der Waals surface area contributed by atoms with Crippen molar-refractivity contribution in [3.05, 3.63) is 57.9 Å². The maximum atomic E-state index is 10.4. The van der Waals surface area contributed by atoms with Gasteiger partial charge in [-0.2, -0.15) is 0 Å². The van der Waals surface area contributed by atoms with Gasteiger partial charge in [0.15, 0.2) is 0 Å². The quantitative estimate of drug-likeness (QED) is 0.916. The number of aliphatic hydroxyl groups excluding tert-OH is 1. The van der Waals surface area contributed by atoms with E-state index in [0.29, 0.717) is 6.54 Å². The second kappa shape index (κ2) is 6.65. The van der Waals surface area contributed by atoms with E-state index in [1.54, 1.807) is 0 Å². The molecule has 2 rings (SSSR count). The Balaban J connectivity index is 2.01. The normalized spacial score (nSPS) is 12.9. The van der Waals surface area contributed by atoms with Crippen LogP contribution in [0.1, 0.15) is 28.5 Å². The second-order valence-corrected chi connectivity index (χ2v) is 6.33. The lowest BCUT2D eigenvalue weighted by molar-refractivity contribution is 0.122. The molecule has 21 heavy (non-hydrogen) atoms. The summed E-state index contributed by atoms with van der Waals surface area (Å²) in [5.41, 5.74) is 4.47. The van der Waals surface area contributed by atoms with Gasteiger partial charge in [-0.3, -0.25) is 4.90 Å². The molecule has 1 heterocycles. The van der Waals surface area contributed by atoms with E-state index in [9.17, 15) is 5.11 Å². The SMILES string of the molecule is Cc1cc(C)cc([C@@H](O)CN(C)Cc2cc(Cl)cn2C)c1. The van der Waals surface area contributed by atoms with Gasteiger partial charge in [-0.25, -0.2) is 0 Å². The van der Waals surface area contributed by atoms with Crippen LogP contribution in [0.5, 0.6) is 0 Å². The van der Waals surface area contributed by atoms with Crippen molar-refractivity contribution in [2.75, 3.05) is 13.6 Å². The average Bonchev–Trinajstić information content (AvgIpc) is 2.66. The molecule has 0 unspecified atom stereocenters. The predicted molar refractivity (Wildman–Crippen MR) is 87.6 cm³/mol. The molecule has 0 saturated heterocycles. The topological polar surface area (TPSA) is 28.4 Å². The lowest BCUT2D eigenvalue weighted by atomic mass is 10.0. The van der Waals surface area contributed by atoms with E-state index in [1.165, 1.54) is 11.1 Å². The van der Waals surface area contributed by atoms with Gasteiger partial charge in [0.1, 0.15) is 0 Å². The van der Waals surface area contributed by atoms with E-state index in [4.69, 9.17) is 11.6 Å². The first-order chi connectivity index (χ1) is 9.85. The van der Waals surface area contributed by atoms with Gasteiger partial charge in [-0.1, -0.05) is 40.9 Å². The fourth-order valence-electron chi connectivity index (χ4n) is 2.67. The van der Waals surface area contributed by atoms with Gasteiger partial charge in [0.25, 0.3) is 0 Å². The molecule has 2 aromatic rings. The number of halogens is 1. The summed E-state index contributed by atoms with van der Waals surface area (Å²) in [6.07, 6.45) is 1.41. The number of likely N-dealkylation sites (N-methyl/N-ethyl adjacent to an activating group) is 1. The van der Waals surface area contributed by atoms with Gasteiger partial charge in [-0.05, 0) is 32.5 Å². The lowest BCUT2D eigenvalue weighted by Crippen LogP contribution is -2.25. The first-order valence-electron chi connectivity index (χ1n) is 7.10. The van der Waals surface area contributed by atoms with E-state index in [1.807, 2.05) is 43.1 Å². The van der Waals surface area contributed by atoms with Crippen LogP contribution >= 0.6 is 11.6 Å². The molecule has 1 aromatic carbocycles. The summed E-state index contributed by atoms with van der Waals surface area (Å²) < 4.78 is 2.02. The third-order valence-electron chi connectivity index (χ3n) is 3.62. The van der Waals surface area contributed by atoms with Gasteiger partial charge in [0.05, 0.1) is 11.1 Å². The third-order valence-corrected chi connectivity index (χ3v) is 3.83. The molecule has 0 spiro atoms. The zero-order chi connectivity index (χ0) is 15.6. The summed E-state index contributed by atoms with van der Waals surface area (Å²) in [7, 11) is 3.99. The van der Waals surface area contributed by atoms with Crippen LogP contribution in [0.25, 0.3) is 0 Å². The maximum absolute atomic E-state index is 10.4. The Bertz CT molecular complexity index is 601. The Labute approximate surface area is 131 Å². The van der Waals surface area contributed by atoms with Crippen molar-refractivity contribution in [1.29, 1.82) is 0 Å². The second-order valence-electron chi connectivity index (χ2n) is 5.89. The van der Waals surface area contributed by atoms with Crippen molar-refractivity contribution in [3.8, 4) is 0 Å². The Morgan fingerprint density at radius 2 is 1.81 bits per heavy atom. The molecule has 0 saturated carbocycles. The molecule has 1 aromatic heterocycles. The minimum Gasteiger partial charge on any atom is -0.387 e. The Morgan fingerprint density at radius 1 is 1.19 bits per heavy atom. The highest BCUT2D eigenvalue weighted by Crippen LogP contribution is 2.19. The molecule has 3 nitrogen and oxygen atoms in total. The molecule has 0 amide bonds. The van der Waals surface area contributed by atoms with E-state index in [0.717, 1.165) is 22.8 Å². The standard InChI is InChI=1S/C17H23ClN2O/c1-12-5-13(2)7-14(6-12)17(21)11-19(3)10-16-8-15(18)9-20(16)4/h5-9,17,21H,10-11H2,1-4H3/t17-/m0/s1. The number of hydrogen-bond acceptors (Lipinski definition) is 2. The fraction of sp³-hybridized carbons (Fsp3) is 0.412. The number of aliphatic hydroxyl groups is 1.